The lowest BCUT2D eigenvalue weighted by Crippen LogP contribution is -2.35. The maximum absolute atomic E-state index is 12.6. The third-order valence-corrected chi connectivity index (χ3v) is 4.25. The average Bonchev–Trinajstić information content (AvgIpc) is 2.47. The van der Waals surface area contributed by atoms with Crippen LogP contribution in [-0.2, 0) is 4.79 Å². The molecule has 1 aromatic carbocycles. The second kappa shape index (κ2) is 6.78. The number of carbonyl (C=O) groups excluding carboxylic acids is 1. The number of rotatable bonds is 2. The highest BCUT2D eigenvalue weighted by atomic mass is 16.2. The Labute approximate surface area is 127 Å². The molecule has 0 unspecified atom stereocenters. The van der Waals surface area contributed by atoms with E-state index in [0.29, 0.717) is 6.54 Å². The Hall–Kier alpha value is -1.79. The van der Waals surface area contributed by atoms with Gasteiger partial charge in [-0.05, 0) is 37.5 Å². The largest absolute Gasteiger partial charge is 0.324 e. The molecule has 1 saturated carbocycles. The summed E-state index contributed by atoms with van der Waals surface area (Å²) in [6.45, 7) is 4.40. The number of anilines is 1. The van der Waals surface area contributed by atoms with Crippen molar-refractivity contribution in [2.75, 3.05) is 11.9 Å². The summed E-state index contributed by atoms with van der Waals surface area (Å²) in [4.78, 5) is 12.6. The van der Waals surface area contributed by atoms with Crippen LogP contribution in [0, 0.1) is 24.2 Å². The summed E-state index contributed by atoms with van der Waals surface area (Å²) in [5, 5.41) is 3.09. The zero-order valence-corrected chi connectivity index (χ0v) is 13.0. The van der Waals surface area contributed by atoms with Gasteiger partial charge in [-0.2, -0.15) is 0 Å². The van der Waals surface area contributed by atoms with Crippen molar-refractivity contribution in [1.82, 2.24) is 0 Å². The minimum absolute atomic E-state index is 0.114. The van der Waals surface area contributed by atoms with Gasteiger partial charge in [-0.3, -0.25) is 4.79 Å². The van der Waals surface area contributed by atoms with Crippen LogP contribution < -0.4 is 11.1 Å². The Bertz CT molecular complexity index is 575. The minimum Gasteiger partial charge on any atom is -0.324 e. The Morgan fingerprint density at radius 3 is 2.71 bits per heavy atom. The van der Waals surface area contributed by atoms with Crippen LogP contribution in [0.5, 0.6) is 0 Å². The van der Waals surface area contributed by atoms with E-state index in [9.17, 15) is 4.79 Å². The normalized spacial score (nSPS) is 16.7. The van der Waals surface area contributed by atoms with Gasteiger partial charge >= 0.3 is 0 Å². The van der Waals surface area contributed by atoms with E-state index in [1.165, 1.54) is 6.42 Å². The van der Waals surface area contributed by atoms with Crippen LogP contribution in [-0.4, -0.2) is 12.5 Å². The van der Waals surface area contributed by atoms with Crippen LogP contribution in [0.1, 0.15) is 50.2 Å². The molecule has 0 saturated heterocycles. The second-order valence-corrected chi connectivity index (χ2v) is 6.13. The van der Waals surface area contributed by atoms with Crippen molar-refractivity contribution in [1.29, 1.82) is 0 Å². The number of benzene rings is 1. The van der Waals surface area contributed by atoms with Gasteiger partial charge in [0.2, 0.25) is 5.91 Å². The average molecular weight is 284 g/mol. The van der Waals surface area contributed by atoms with Crippen molar-refractivity contribution in [2.45, 2.75) is 46.0 Å². The molecule has 2 rings (SSSR count). The van der Waals surface area contributed by atoms with E-state index >= 15 is 0 Å². The van der Waals surface area contributed by atoms with E-state index in [4.69, 9.17) is 5.73 Å². The van der Waals surface area contributed by atoms with E-state index in [-0.39, 0.29) is 11.3 Å². The maximum atomic E-state index is 12.6. The Balaban J connectivity index is 2.21. The predicted octanol–water partition coefficient (Wildman–Crippen LogP) is 3.21. The first-order valence-corrected chi connectivity index (χ1v) is 7.66. The molecule has 0 spiro atoms. The van der Waals surface area contributed by atoms with Crippen LogP contribution in [0.2, 0.25) is 0 Å². The summed E-state index contributed by atoms with van der Waals surface area (Å²) in [7, 11) is 0. The van der Waals surface area contributed by atoms with Gasteiger partial charge in [0, 0.05) is 11.0 Å². The van der Waals surface area contributed by atoms with E-state index in [2.05, 4.69) is 24.1 Å². The lowest BCUT2D eigenvalue weighted by molar-refractivity contribution is -0.126. The number of carbonyl (C=O) groups is 1. The first-order chi connectivity index (χ1) is 10.0. The van der Waals surface area contributed by atoms with E-state index in [1.807, 2.05) is 25.1 Å². The van der Waals surface area contributed by atoms with Gasteiger partial charge in [-0.15, -0.1) is 0 Å². The van der Waals surface area contributed by atoms with Gasteiger partial charge in [0.05, 0.1) is 12.2 Å². The summed E-state index contributed by atoms with van der Waals surface area (Å²) < 4.78 is 0. The quantitative estimate of drug-likeness (QED) is 0.819. The molecule has 1 aliphatic carbocycles. The minimum atomic E-state index is -0.249. The summed E-state index contributed by atoms with van der Waals surface area (Å²) in [5.41, 5.74) is 7.92. The zero-order valence-electron chi connectivity index (χ0n) is 13.0. The van der Waals surface area contributed by atoms with Crippen molar-refractivity contribution >= 4 is 11.6 Å². The SMILES string of the molecule is Cc1ccc(C#CCN)c(NC(=O)C2(C)CCCCC2)c1. The first-order valence-electron chi connectivity index (χ1n) is 7.66. The number of nitrogens with two attached hydrogens (primary N) is 1. The Morgan fingerprint density at radius 2 is 2.05 bits per heavy atom. The number of hydrogen-bond acceptors (Lipinski definition) is 2. The van der Waals surface area contributed by atoms with Gasteiger partial charge in [-0.1, -0.05) is 44.1 Å². The monoisotopic (exact) mass is 284 g/mol. The number of hydrogen-bond donors (Lipinski definition) is 2. The van der Waals surface area contributed by atoms with Gasteiger partial charge < -0.3 is 11.1 Å². The van der Waals surface area contributed by atoms with E-state index < -0.39 is 0 Å². The predicted molar refractivity (Wildman–Crippen MR) is 86.9 cm³/mol. The Morgan fingerprint density at radius 1 is 1.33 bits per heavy atom. The van der Waals surface area contributed by atoms with Crippen molar-refractivity contribution in [2.24, 2.45) is 11.1 Å². The van der Waals surface area contributed by atoms with Crippen molar-refractivity contribution in [3.05, 3.63) is 29.3 Å². The third-order valence-electron chi connectivity index (χ3n) is 4.25. The van der Waals surface area contributed by atoms with Crippen molar-refractivity contribution in [3.8, 4) is 11.8 Å². The van der Waals surface area contributed by atoms with Crippen molar-refractivity contribution in [3.63, 3.8) is 0 Å². The lowest BCUT2D eigenvalue weighted by Gasteiger charge is -2.32. The highest BCUT2D eigenvalue weighted by Gasteiger charge is 2.34. The number of aryl methyl sites for hydroxylation is 1. The molecular formula is C18H24N2O. The zero-order chi connectivity index (χ0) is 15.3. The molecule has 3 N–H and O–H groups in total. The van der Waals surface area contributed by atoms with Crippen LogP contribution >= 0.6 is 0 Å². The molecule has 0 aliphatic heterocycles. The molecular weight excluding hydrogens is 260 g/mol. The highest BCUT2D eigenvalue weighted by molar-refractivity contribution is 5.96. The molecule has 1 fully saturated rings. The molecule has 0 aromatic heterocycles. The smallest absolute Gasteiger partial charge is 0.230 e. The van der Waals surface area contributed by atoms with Crippen LogP contribution in [0.4, 0.5) is 5.69 Å². The van der Waals surface area contributed by atoms with Gasteiger partial charge in [0.15, 0.2) is 0 Å². The molecule has 0 radical (unpaired) electrons. The van der Waals surface area contributed by atoms with Crippen molar-refractivity contribution < 1.29 is 4.79 Å². The molecule has 1 aliphatic rings. The van der Waals surface area contributed by atoms with Gasteiger partial charge in [-0.25, -0.2) is 0 Å². The summed E-state index contributed by atoms with van der Waals surface area (Å²) in [5.74, 6) is 6.00. The van der Waals surface area contributed by atoms with Crippen LogP contribution in [0.25, 0.3) is 0 Å². The number of amides is 1. The molecule has 0 bridgehead atoms. The standard InChI is InChI=1S/C18H24N2O/c1-14-8-9-15(7-6-12-19)16(13-14)20-17(21)18(2)10-4-3-5-11-18/h8-9,13H,3-5,10-12,19H2,1-2H3,(H,20,21). The Kier molecular flexibility index (Phi) is 5.03. The third kappa shape index (κ3) is 3.86. The van der Waals surface area contributed by atoms with E-state index in [1.54, 1.807) is 0 Å². The fourth-order valence-electron chi connectivity index (χ4n) is 2.85. The van der Waals surface area contributed by atoms with E-state index in [0.717, 1.165) is 42.5 Å². The van der Waals surface area contributed by atoms with Gasteiger partial charge in [0.25, 0.3) is 0 Å². The van der Waals surface area contributed by atoms with Crippen LogP contribution in [0.3, 0.4) is 0 Å². The maximum Gasteiger partial charge on any atom is 0.230 e. The summed E-state index contributed by atoms with van der Waals surface area (Å²) in [6, 6.07) is 5.92. The van der Waals surface area contributed by atoms with Gasteiger partial charge in [0.1, 0.15) is 0 Å². The molecule has 0 heterocycles. The number of nitrogens with one attached hydrogen (secondary N) is 1. The summed E-state index contributed by atoms with van der Waals surface area (Å²) in [6.07, 6.45) is 5.44. The molecule has 0 atom stereocenters. The molecule has 1 aromatic rings. The second-order valence-electron chi connectivity index (χ2n) is 6.13. The molecule has 3 heteroatoms. The highest BCUT2D eigenvalue weighted by Crippen LogP contribution is 2.37. The first kappa shape index (κ1) is 15.6. The fourth-order valence-corrected chi connectivity index (χ4v) is 2.85. The van der Waals surface area contributed by atoms with Crippen LogP contribution in [0.15, 0.2) is 18.2 Å². The lowest BCUT2D eigenvalue weighted by atomic mass is 9.75. The summed E-state index contributed by atoms with van der Waals surface area (Å²) >= 11 is 0. The molecule has 1 amide bonds. The molecule has 21 heavy (non-hydrogen) atoms. The topological polar surface area (TPSA) is 55.1 Å². The fraction of sp³-hybridized carbons (Fsp3) is 0.500. The molecule has 112 valence electrons. The molecule has 3 nitrogen and oxygen atoms in total.